The van der Waals surface area contributed by atoms with E-state index in [1.54, 1.807) is 0 Å². The number of hydrogen-bond donors (Lipinski definition) is 1. The van der Waals surface area contributed by atoms with Crippen LogP contribution in [0.3, 0.4) is 0 Å². The predicted molar refractivity (Wildman–Crippen MR) is 87.2 cm³/mol. The van der Waals surface area contributed by atoms with Crippen LogP contribution in [0.4, 0.5) is 23.0 Å². The van der Waals surface area contributed by atoms with Crippen molar-refractivity contribution in [1.29, 1.82) is 0 Å². The second-order valence-electron chi connectivity index (χ2n) is 5.38. The van der Waals surface area contributed by atoms with Gasteiger partial charge in [0.15, 0.2) is 0 Å². The van der Waals surface area contributed by atoms with Gasteiger partial charge in [-0.15, -0.1) is 0 Å². The van der Waals surface area contributed by atoms with Crippen molar-refractivity contribution >= 4 is 23.0 Å². The minimum absolute atomic E-state index is 0.542. The molecule has 0 aliphatic carbocycles. The molecule has 0 fully saturated rings. The molecule has 0 saturated heterocycles. The maximum Gasteiger partial charge on any atom is 0.138 e. The van der Waals surface area contributed by atoms with E-state index in [9.17, 15) is 0 Å². The molecule has 0 saturated carbocycles. The third-order valence-electron chi connectivity index (χ3n) is 3.77. The number of hydrogen-bond acceptors (Lipinski definition) is 5. The summed E-state index contributed by atoms with van der Waals surface area (Å²) in [5.74, 6) is 2.26. The first kappa shape index (κ1) is 13.7. The van der Waals surface area contributed by atoms with E-state index >= 15 is 0 Å². The molecule has 5 heteroatoms. The molecule has 21 heavy (non-hydrogen) atoms. The summed E-state index contributed by atoms with van der Waals surface area (Å²) in [6, 6.07) is 10.3. The quantitative estimate of drug-likeness (QED) is 0.938. The fourth-order valence-electron chi connectivity index (χ4n) is 2.72. The van der Waals surface area contributed by atoms with Gasteiger partial charge in [0.05, 0.1) is 11.4 Å². The van der Waals surface area contributed by atoms with Crippen molar-refractivity contribution in [2.24, 2.45) is 0 Å². The highest BCUT2D eigenvalue weighted by Crippen LogP contribution is 2.36. The first-order valence-electron chi connectivity index (χ1n) is 7.40. The minimum atomic E-state index is 0.542. The van der Waals surface area contributed by atoms with Gasteiger partial charge in [0.2, 0.25) is 0 Å². The number of likely N-dealkylation sites (N-methyl/N-ethyl adjacent to an activating group) is 1. The van der Waals surface area contributed by atoms with Gasteiger partial charge in [0, 0.05) is 32.6 Å². The molecule has 1 aromatic carbocycles. The van der Waals surface area contributed by atoms with Crippen molar-refractivity contribution in [1.82, 2.24) is 9.97 Å². The first-order valence-corrected chi connectivity index (χ1v) is 7.40. The summed E-state index contributed by atoms with van der Waals surface area (Å²) in [6.07, 6.45) is 1.87. The molecular formula is C16H21N5. The van der Waals surface area contributed by atoms with Crippen molar-refractivity contribution in [2.75, 3.05) is 35.7 Å². The molecule has 2 heterocycles. The zero-order valence-corrected chi connectivity index (χ0v) is 12.6. The molecule has 2 aromatic rings. The molecule has 0 bridgehead atoms. The van der Waals surface area contributed by atoms with Gasteiger partial charge in [-0.1, -0.05) is 19.1 Å². The van der Waals surface area contributed by atoms with Crippen LogP contribution < -0.4 is 15.5 Å². The van der Waals surface area contributed by atoms with Gasteiger partial charge in [-0.25, -0.2) is 9.97 Å². The Morgan fingerprint density at radius 1 is 1.14 bits per heavy atom. The Hall–Kier alpha value is -2.30. The lowest BCUT2D eigenvalue weighted by Gasteiger charge is -2.36. The van der Waals surface area contributed by atoms with E-state index in [4.69, 9.17) is 5.73 Å². The largest absolute Gasteiger partial charge is 0.384 e. The van der Waals surface area contributed by atoms with Crippen molar-refractivity contribution in [3.63, 3.8) is 0 Å². The predicted octanol–water partition coefficient (Wildman–Crippen LogP) is 2.60. The summed E-state index contributed by atoms with van der Waals surface area (Å²) in [5, 5.41) is 0. The van der Waals surface area contributed by atoms with Crippen LogP contribution in [0, 0.1) is 0 Å². The molecule has 0 amide bonds. The molecule has 2 N–H and O–H groups in total. The highest BCUT2D eigenvalue weighted by molar-refractivity contribution is 5.78. The normalized spacial score (nSPS) is 14.2. The Labute approximate surface area is 125 Å². The van der Waals surface area contributed by atoms with E-state index in [0.29, 0.717) is 5.82 Å². The SMILES string of the molecule is CCCc1nc(N)cc(N2CCN(C)c3ccccc32)n1. The number of benzene rings is 1. The highest BCUT2D eigenvalue weighted by atomic mass is 15.3. The first-order chi connectivity index (χ1) is 10.2. The Morgan fingerprint density at radius 3 is 2.67 bits per heavy atom. The molecule has 5 nitrogen and oxygen atoms in total. The Morgan fingerprint density at radius 2 is 1.90 bits per heavy atom. The molecule has 0 spiro atoms. The van der Waals surface area contributed by atoms with Crippen LogP contribution in [0.1, 0.15) is 19.2 Å². The zero-order chi connectivity index (χ0) is 14.8. The zero-order valence-electron chi connectivity index (χ0n) is 12.6. The monoisotopic (exact) mass is 283 g/mol. The maximum atomic E-state index is 5.96. The van der Waals surface area contributed by atoms with Crippen LogP contribution in [-0.4, -0.2) is 30.1 Å². The number of aromatic nitrogens is 2. The van der Waals surface area contributed by atoms with E-state index < -0.39 is 0 Å². The van der Waals surface area contributed by atoms with Gasteiger partial charge >= 0.3 is 0 Å². The second kappa shape index (κ2) is 5.60. The van der Waals surface area contributed by atoms with E-state index in [-0.39, 0.29) is 0 Å². The van der Waals surface area contributed by atoms with Crippen LogP contribution in [0.15, 0.2) is 30.3 Å². The number of fused-ring (bicyclic) bond motifs is 1. The topological polar surface area (TPSA) is 58.3 Å². The smallest absolute Gasteiger partial charge is 0.138 e. The summed E-state index contributed by atoms with van der Waals surface area (Å²) < 4.78 is 0. The van der Waals surface area contributed by atoms with Gasteiger partial charge in [-0.05, 0) is 18.6 Å². The number of aryl methyl sites for hydroxylation is 1. The van der Waals surface area contributed by atoms with Crippen molar-refractivity contribution in [3.8, 4) is 0 Å². The lowest BCUT2D eigenvalue weighted by molar-refractivity contribution is 0.792. The maximum absolute atomic E-state index is 5.96. The third kappa shape index (κ3) is 2.63. The minimum Gasteiger partial charge on any atom is -0.384 e. The number of anilines is 4. The number of rotatable bonds is 3. The number of nitrogens with zero attached hydrogens (tertiary/aromatic N) is 4. The van der Waals surface area contributed by atoms with E-state index in [1.807, 2.05) is 6.07 Å². The van der Waals surface area contributed by atoms with Gasteiger partial charge < -0.3 is 15.5 Å². The summed E-state index contributed by atoms with van der Waals surface area (Å²) in [6.45, 7) is 3.98. The molecule has 0 radical (unpaired) electrons. The van der Waals surface area contributed by atoms with Gasteiger partial charge in [-0.2, -0.15) is 0 Å². The van der Waals surface area contributed by atoms with Crippen molar-refractivity contribution < 1.29 is 0 Å². The number of nitrogen functional groups attached to an aromatic ring is 1. The van der Waals surface area contributed by atoms with Gasteiger partial charge in [-0.3, -0.25) is 0 Å². The standard InChI is InChI=1S/C16H21N5/c1-3-6-15-18-14(17)11-16(19-15)21-10-9-20(2)12-7-4-5-8-13(12)21/h4-5,7-8,11H,3,6,9-10H2,1-2H3,(H2,17,18,19). The van der Waals surface area contributed by atoms with E-state index in [0.717, 1.165) is 37.6 Å². The fraction of sp³-hybridized carbons (Fsp3) is 0.375. The number of para-hydroxylation sites is 2. The number of nitrogens with two attached hydrogens (primary N) is 1. The molecule has 1 aromatic heterocycles. The highest BCUT2D eigenvalue weighted by Gasteiger charge is 2.22. The van der Waals surface area contributed by atoms with Crippen LogP contribution >= 0.6 is 0 Å². The van der Waals surface area contributed by atoms with Gasteiger partial charge in [0.1, 0.15) is 17.5 Å². The third-order valence-corrected chi connectivity index (χ3v) is 3.77. The van der Waals surface area contributed by atoms with Crippen LogP contribution in [-0.2, 0) is 6.42 Å². The Kier molecular flexibility index (Phi) is 3.64. The van der Waals surface area contributed by atoms with Crippen LogP contribution in [0.5, 0.6) is 0 Å². The average Bonchev–Trinajstić information content (AvgIpc) is 2.47. The molecule has 110 valence electrons. The van der Waals surface area contributed by atoms with Crippen LogP contribution in [0.25, 0.3) is 0 Å². The molecule has 0 atom stereocenters. The summed E-state index contributed by atoms with van der Waals surface area (Å²) >= 11 is 0. The van der Waals surface area contributed by atoms with E-state index in [1.165, 1.54) is 11.4 Å². The average molecular weight is 283 g/mol. The molecule has 1 aliphatic heterocycles. The Balaban J connectivity index is 2.03. The Bertz CT molecular complexity index is 640. The van der Waals surface area contributed by atoms with Crippen molar-refractivity contribution in [3.05, 3.63) is 36.2 Å². The molecular weight excluding hydrogens is 262 g/mol. The van der Waals surface area contributed by atoms with Crippen molar-refractivity contribution in [2.45, 2.75) is 19.8 Å². The lowest BCUT2D eigenvalue weighted by atomic mass is 10.1. The summed E-state index contributed by atoms with van der Waals surface area (Å²) in [4.78, 5) is 13.5. The summed E-state index contributed by atoms with van der Waals surface area (Å²) in [5.41, 5.74) is 8.35. The molecule has 0 unspecified atom stereocenters. The van der Waals surface area contributed by atoms with Crippen LogP contribution in [0.2, 0.25) is 0 Å². The molecule has 1 aliphatic rings. The van der Waals surface area contributed by atoms with Gasteiger partial charge in [0.25, 0.3) is 0 Å². The fourth-order valence-corrected chi connectivity index (χ4v) is 2.72. The second-order valence-corrected chi connectivity index (χ2v) is 5.38. The lowest BCUT2D eigenvalue weighted by Crippen LogP contribution is -2.37. The summed E-state index contributed by atoms with van der Waals surface area (Å²) in [7, 11) is 2.12. The molecule has 3 rings (SSSR count). The van der Waals surface area contributed by atoms with E-state index in [2.05, 4.69) is 58.0 Å².